The first-order valence-corrected chi connectivity index (χ1v) is 12.6. The predicted octanol–water partition coefficient (Wildman–Crippen LogP) is 0.0543. The molecule has 0 aromatic carbocycles. The molecule has 1 fully saturated rings. The van der Waals surface area contributed by atoms with Gasteiger partial charge in [-0.25, -0.2) is 18.1 Å². The quantitative estimate of drug-likeness (QED) is 0.476. The smallest absolute Gasteiger partial charge is 0.221 e. The lowest BCUT2D eigenvalue weighted by molar-refractivity contribution is -0.131. The second-order valence-electron chi connectivity index (χ2n) is 8.59. The minimum atomic E-state index is -3.01. The van der Waals surface area contributed by atoms with Gasteiger partial charge in [-0.15, -0.1) is 0 Å². The molecule has 2 aliphatic rings. The molecule has 2 aromatic heterocycles. The summed E-state index contributed by atoms with van der Waals surface area (Å²) in [5.74, 6) is -1.03. The Morgan fingerprint density at radius 1 is 1.21 bits per heavy atom. The number of sulfone groups is 1. The van der Waals surface area contributed by atoms with Crippen molar-refractivity contribution in [3.8, 4) is 0 Å². The first-order valence-electron chi connectivity index (χ1n) is 10.7. The van der Waals surface area contributed by atoms with Crippen LogP contribution in [-0.4, -0.2) is 63.9 Å². The van der Waals surface area contributed by atoms with Crippen LogP contribution in [0.1, 0.15) is 44.6 Å². The van der Waals surface area contributed by atoms with Crippen molar-refractivity contribution in [2.45, 2.75) is 57.2 Å². The van der Waals surface area contributed by atoms with Gasteiger partial charge < -0.3 is 21.6 Å². The van der Waals surface area contributed by atoms with Crippen LogP contribution in [0.3, 0.4) is 0 Å². The van der Waals surface area contributed by atoms with Crippen molar-refractivity contribution in [3.05, 3.63) is 18.0 Å². The van der Waals surface area contributed by atoms with E-state index in [1.54, 1.807) is 17.1 Å². The highest BCUT2D eigenvalue weighted by molar-refractivity contribution is 7.91. The Kier molecular flexibility index (Phi) is 5.99. The van der Waals surface area contributed by atoms with Gasteiger partial charge in [-0.05, 0) is 19.8 Å². The molecule has 0 unspecified atom stereocenters. The van der Waals surface area contributed by atoms with Gasteiger partial charge in [-0.1, -0.05) is 5.16 Å². The number of pyridine rings is 1. The molecule has 178 valence electrons. The Balaban J connectivity index is 1.71. The minimum absolute atomic E-state index is 0.0632. The van der Waals surface area contributed by atoms with Gasteiger partial charge in [-0.2, -0.15) is 5.10 Å². The summed E-state index contributed by atoms with van der Waals surface area (Å²) in [6.07, 6.45) is 4.01. The number of nitrogens with one attached hydrogen (secondary N) is 1. The molecule has 13 heteroatoms. The van der Waals surface area contributed by atoms with Crippen LogP contribution in [-0.2, 0) is 30.8 Å². The second-order valence-corrected chi connectivity index (χ2v) is 10.9. The van der Waals surface area contributed by atoms with Crippen molar-refractivity contribution in [1.82, 2.24) is 14.8 Å². The first kappa shape index (κ1) is 23.0. The van der Waals surface area contributed by atoms with E-state index in [1.165, 1.54) is 0 Å². The van der Waals surface area contributed by atoms with Gasteiger partial charge in [0.05, 0.1) is 47.3 Å². The number of aromatic nitrogens is 3. The number of nitrogens with two attached hydrogens (primary N) is 2. The Labute approximate surface area is 190 Å². The molecule has 4 heterocycles. The zero-order valence-electron chi connectivity index (χ0n) is 18.3. The van der Waals surface area contributed by atoms with Gasteiger partial charge in [-0.3, -0.25) is 9.59 Å². The summed E-state index contributed by atoms with van der Waals surface area (Å²) in [4.78, 5) is 33.4. The molecule has 0 aliphatic carbocycles. The summed E-state index contributed by atoms with van der Waals surface area (Å²) in [5, 5.41) is 12.8. The number of anilines is 1. The number of primary amides is 2. The van der Waals surface area contributed by atoms with E-state index in [2.05, 4.69) is 20.6 Å². The molecule has 33 heavy (non-hydrogen) atoms. The Hall–Kier alpha value is -3.22. The Morgan fingerprint density at radius 2 is 1.88 bits per heavy atom. The van der Waals surface area contributed by atoms with E-state index >= 15 is 0 Å². The van der Waals surface area contributed by atoms with Crippen molar-refractivity contribution in [2.75, 3.05) is 16.8 Å². The molecule has 2 amide bonds. The maximum atomic E-state index is 11.9. The molecular formula is C20H27N7O5S. The lowest BCUT2D eigenvalue weighted by Crippen LogP contribution is -2.39. The third-order valence-electron chi connectivity index (χ3n) is 6.01. The van der Waals surface area contributed by atoms with E-state index in [-0.39, 0.29) is 36.8 Å². The fourth-order valence-corrected chi connectivity index (χ4v) is 5.92. The highest BCUT2D eigenvalue weighted by Crippen LogP contribution is 2.37. The van der Waals surface area contributed by atoms with Crippen LogP contribution in [0, 0.1) is 0 Å². The summed E-state index contributed by atoms with van der Waals surface area (Å²) in [7, 11) is -3.01. The molecule has 0 bridgehead atoms. The van der Waals surface area contributed by atoms with Crippen molar-refractivity contribution in [3.63, 3.8) is 0 Å². The van der Waals surface area contributed by atoms with Crippen LogP contribution in [0.25, 0.3) is 11.0 Å². The number of nitrogens with zero attached hydrogens (tertiary/aromatic N) is 4. The van der Waals surface area contributed by atoms with E-state index in [9.17, 15) is 18.0 Å². The zero-order valence-corrected chi connectivity index (χ0v) is 19.1. The Bertz CT molecular complexity index is 1210. The van der Waals surface area contributed by atoms with Crippen LogP contribution in [0.5, 0.6) is 0 Å². The number of carbonyl (C=O) groups is 2. The SMILES string of the molecule is CCn1ncc2c(NC3CCS(=O)(=O)CC3)c(C3=NOC(CC(N)=O)(CC(N)=O)C3)cnc21. The maximum absolute atomic E-state index is 11.9. The number of amides is 2. The topological polar surface area (TPSA) is 185 Å². The van der Waals surface area contributed by atoms with Gasteiger partial charge in [0.2, 0.25) is 11.8 Å². The highest BCUT2D eigenvalue weighted by atomic mass is 32.2. The van der Waals surface area contributed by atoms with Crippen LogP contribution >= 0.6 is 0 Å². The van der Waals surface area contributed by atoms with Gasteiger partial charge in [0.25, 0.3) is 0 Å². The molecule has 0 atom stereocenters. The summed E-state index contributed by atoms with van der Waals surface area (Å²) in [6.45, 7) is 2.58. The van der Waals surface area contributed by atoms with Crippen molar-refractivity contribution in [1.29, 1.82) is 0 Å². The largest absolute Gasteiger partial charge is 0.387 e. The molecular weight excluding hydrogens is 450 g/mol. The fourth-order valence-electron chi connectivity index (χ4n) is 4.42. The Morgan fingerprint density at radius 3 is 2.48 bits per heavy atom. The number of oxime groups is 1. The highest BCUT2D eigenvalue weighted by Gasteiger charge is 2.43. The molecule has 0 saturated carbocycles. The standard InChI is InChI=1S/C20H27N7O5S/c1-2-27-19-14(11-24-27)18(25-12-3-5-33(30,31)6-4-12)13(10-23-19)15-7-20(32-26-15,8-16(21)28)9-17(22)29/h10-12H,2-9H2,1H3,(H2,21,28)(H2,22,29)(H,23,25). The summed E-state index contributed by atoms with van der Waals surface area (Å²) in [6, 6.07) is -0.0632. The monoisotopic (exact) mass is 477 g/mol. The first-order chi connectivity index (χ1) is 15.6. The van der Waals surface area contributed by atoms with Gasteiger partial charge in [0.15, 0.2) is 11.2 Å². The molecule has 12 nitrogen and oxygen atoms in total. The van der Waals surface area contributed by atoms with E-state index in [4.69, 9.17) is 16.3 Å². The minimum Gasteiger partial charge on any atom is -0.387 e. The van der Waals surface area contributed by atoms with E-state index in [0.717, 1.165) is 5.39 Å². The lowest BCUT2D eigenvalue weighted by atomic mass is 9.87. The number of hydrogen-bond donors (Lipinski definition) is 3. The van der Waals surface area contributed by atoms with E-state index in [0.29, 0.717) is 42.0 Å². The number of hydrogen-bond acceptors (Lipinski definition) is 9. The average molecular weight is 478 g/mol. The van der Waals surface area contributed by atoms with Crippen LogP contribution in [0.4, 0.5) is 5.69 Å². The molecule has 0 radical (unpaired) electrons. The van der Waals surface area contributed by atoms with Crippen molar-refractivity contribution < 1.29 is 22.8 Å². The zero-order chi connectivity index (χ0) is 23.8. The lowest BCUT2D eigenvalue weighted by Gasteiger charge is -2.26. The van der Waals surface area contributed by atoms with Crippen LogP contribution in [0.2, 0.25) is 0 Å². The van der Waals surface area contributed by atoms with E-state index < -0.39 is 27.3 Å². The molecule has 5 N–H and O–H groups in total. The van der Waals surface area contributed by atoms with Crippen LogP contribution in [0.15, 0.2) is 17.5 Å². The summed E-state index contributed by atoms with van der Waals surface area (Å²) in [5.41, 5.74) is 12.0. The van der Waals surface area contributed by atoms with Crippen molar-refractivity contribution in [2.24, 2.45) is 16.6 Å². The molecule has 2 aliphatic heterocycles. The van der Waals surface area contributed by atoms with E-state index in [1.807, 2.05) is 6.92 Å². The summed E-state index contributed by atoms with van der Waals surface area (Å²) < 4.78 is 25.5. The van der Waals surface area contributed by atoms with Gasteiger partial charge in [0.1, 0.15) is 9.84 Å². The normalized spacial score (nSPS) is 19.7. The number of fused-ring (bicyclic) bond motifs is 1. The third-order valence-corrected chi connectivity index (χ3v) is 7.73. The number of rotatable bonds is 8. The molecule has 1 saturated heterocycles. The predicted molar refractivity (Wildman–Crippen MR) is 121 cm³/mol. The van der Waals surface area contributed by atoms with Gasteiger partial charge in [0, 0.05) is 30.8 Å². The molecule has 4 rings (SSSR count). The number of aryl methyl sites for hydroxylation is 1. The average Bonchev–Trinajstić information content (AvgIpc) is 3.33. The fraction of sp³-hybridized carbons (Fsp3) is 0.550. The molecule has 2 aromatic rings. The van der Waals surface area contributed by atoms with Gasteiger partial charge >= 0.3 is 0 Å². The third kappa shape index (κ3) is 4.77. The maximum Gasteiger partial charge on any atom is 0.221 e. The second kappa shape index (κ2) is 8.61. The molecule has 0 spiro atoms. The summed E-state index contributed by atoms with van der Waals surface area (Å²) >= 11 is 0. The van der Waals surface area contributed by atoms with Crippen LogP contribution < -0.4 is 16.8 Å². The van der Waals surface area contributed by atoms with Crippen molar-refractivity contribution >= 4 is 44.1 Å². The number of carbonyl (C=O) groups excluding carboxylic acids is 2.